The third-order valence-electron chi connectivity index (χ3n) is 5.32. The first-order valence-electron chi connectivity index (χ1n) is 9.89. The van der Waals surface area contributed by atoms with Gasteiger partial charge in [-0.3, -0.25) is 4.79 Å². The standard InChI is InChI=1S/C23H29FO4Si/c1-18(25)28-21-15-23(24,16-26-21)17-27-29(22(2,3)4,19-11-7-5-8-12-19)20-13-9-6-10-14-20/h5-14,21H,15-17H2,1-4H3. The van der Waals surface area contributed by atoms with Crippen LogP contribution < -0.4 is 10.4 Å². The minimum absolute atomic E-state index is 0.0230. The van der Waals surface area contributed by atoms with Gasteiger partial charge in [0.2, 0.25) is 6.29 Å². The van der Waals surface area contributed by atoms with Crippen molar-refractivity contribution in [2.24, 2.45) is 0 Å². The van der Waals surface area contributed by atoms with Gasteiger partial charge in [-0.05, 0) is 15.4 Å². The average molecular weight is 417 g/mol. The fraction of sp³-hybridized carbons (Fsp3) is 0.435. The number of carbonyl (C=O) groups is 1. The van der Waals surface area contributed by atoms with Crippen LogP contribution in [0.25, 0.3) is 0 Å². The molecule has 0 bridgehead atoms. The number of carbonyl (C=O) groups excluding carboxylic acids is 1. The zero-order valence-electron chi connectivity index (χ0n) is 17.5. The van der Waals surface area contributed by atoms with Gasteiger partial charge in [0.1, 0.15) is 0 Å². The Kier molecular flexibility index (Phi) is 6.26. The van der Waals surface area contributed by atoms with Crippen LogP contribution in [0.1, 0.15) is 34.1 Å². The fourth-order valence-corrected chi connectivity index (χ4v) is 8.65. The van der Waals surface area contributed by atoms with E-state index >= 15 is 4.39 Å². The maximum absolute atomic E-state index is 15.5. The number of rotatable bonds is 6. The van der Waals surface area contributed by atoms with Gasteiger partial charge in [0.15, 0.2) is 5.67 Å². The Hall–Kier alpha value is -2.02. The van der Waals surface area contributed by atoms with Crippen LogP contribution in [0, 0.1) is 0 Å². The number of hydrogen-bond acceptors (Lipinski definition) is 4. The lowest BCUT2D eigenvalue weighted by atomic mass is 10.1. The molecule has 0 spiro atoms. The van der Waals surface area contributed by atoms with Gasteiger partial charge < -0.3 is 13.9 Å². The van der Waals surface area contributed by atoms with E-state index in [1.165, 1.54) is 6.92 Å². The zero-order valence-corrected chi connectivity index (χ0v) is 18.5. The maximum Gasteiger partial charge on any atom is 0.304 e. The van der Waals surface area contributed by atoms with Crippen molar-refractivity contribution in [3.05, 3.63) is 60.7 Å². The normalized spacial score (nSPS) is 22.4. The number of hydrogen-bond donors (Lipinski definition) is 0. The summed E-state index contributed by atoms with van der Waals surface area (Å²) >= 11 is 0. The Labute approximate surface area is 173 Å². The van der Waals surface area contributed by atoms with Crippen molar-refractivity contribution in [3.8, 4) is 0 Å². The highest BCUT2D eigenvalue weighted by Gasteiger charge is 2.53. The molecule has 0 N–H and O–H groups in total. The molecule has 1 heterocycles. The van der Waals surface area contributed by atoms with Crippen molar-refractivity contribution in [2.45, 2.75) is 51.1 Å². The molecule has 0 radical (unpaired) electrons. The van der Waals surface area contributed by atoms with E-state index in [2.05, 4.69) is 45.0 Å². The smallest absolute Gasteiger partial charge is 0.304 e. The molecule has 0 aromatic heterocycles. The molecule has 3 rings (SSSR count). The Morgan fingerprint density at radius 2 is 1.62 bits per heavy atom. The Balaban J connectivity index is 1.96. The monoisotopic (exact) mass is 416 g/mol. The van der Waals surface area contributed by atoms with Gasteiger partial charge in [0.25, 0.3) is 8.32 Å². The van der Waals surface area contributed by atoms with E-state index < -0.39 is 26.2 Å². The predicted octanol–water partition coefficient (Wildman–Crippen LogP) is 3.58. The highest BCUT2D eigenvalue weighted by molar-refractivity contribution is 6.99. The van der Waals surface area contributed by atoms with E-state index in [1.54, 1.807) is 0 Å². The van der Waals surface area contributed by atoms with E-state index in [0.29, 0.717) is 0 Å². The quantitative estimate of drug-likeness (QED) is 0.533. The van der Waals surface area contributed by atoms with Gasteiger partial charge in [0.05, 0.1) is 13.2 Å². The number of alkyl halides is 1. The zero-order chi connectivity index (χ0) is 21.1. The third-order valence-corrected chi connectivity index (χ3v) is 10.3. The summed E-state index contributed by atoms with van der Waals surface area (Å²) in [6.07, 6.45) is -0.884. The molecule has 1 aliphatic heterocycles. The molecule has 1 fully saturated rings. The minimum atomic E-state index is -2.82. The van der Waals surface area contributed by atoms with Gasteiger partial charge in [0, 0.05) is 13.3 Å². The molecule has 2 atom stereocenters. The van der Waals surface area contributed by atoms with E-state index in [9.17, 15) is 4.79 Å². The van der Waals surface area contributed by atoms with Crippen LogP contribution in [-0.2, 0) is 18.7 Å². The lowest BCUT2D eigenvalue weighted by molar-refractivity contribution is -0.166. The molecule has 156 valence electrons. The second-order valence-corrected chi connectivity index (χ2v) is 13.0. The second-order valence-electron chi connectivity index (χ2n) is 8.66. The highest BCUT2D eigenvalue weighted by atomic mass is 28.4. The summed E-state index contributed by atoms with van der Waals surface area (Å²) in [5.74, 6) is -0.479. The summed E-state index contributed by atoms with van der Waals surface area (Å²) < 4.78 is 32.6. The summed E-state index contributed by atoms with van der Waals surface area (Å²) in [6.45, 7) is 7.48. The van der Waals surface area contributed by atoms with Crippen LogP contribution in [0.15, 0.2) is 60.7 Å². The van der Waals surface area contributed by atoms with Crippen LogP contribution in [0.5, 0.6) is 0 Å². The van der Waals surface area contributed by atoms with Crippen molar-refractivity contribution >= 4 is 24.7 Å². The lowest BCUT2D eigenvalue weighted by Crippen LogP contribution is -2.67. The first-order chi connectivity index (χ1) is 13.7. The van der Waals surface area contributed by atoms with Crippen LogP contribution in [0.2, 0.25) is 5.04 Å². The van der Waals surface area contributed by atoms with Gasteiger partial charge in [-0.15, -0.1) is 0 Å². The molecule has 0 saturated carbocycles. The van der Waals surface area contributed by atoms with Gasteiger partial charge in [-0.2, -0.15) is 0 Å². The molecular weight excluding hydrogens is 387 g/mol. The van der Waals surface area contributed by atoms with E-state index in [0.717, 1.165) is 10.4 Å². The van der Waals surface area contributed by atoms with Crippen molar-refractivity contribution in [3.63, 3.8) is 0 Å². The predicted molar refractivity (Wildman–Crippen MR) is 114 cm³/mol. The number of esters is 1. The summed E-state index contributed by atoms with van der Waals surface area (Å²) in [4.78, 5) is 11.2. The van der Waals surface area contributed by atoms with Crippen molar-refractivity contribution in [1.29, 1.82) is 0 Å². The first kappa shape index (κ1) is 21.7. The SMILES string of the molecule is CC(=O)OC1CC(F)(CO[Si](c2ccccc2)(c2ccccc2)C(C)(C)C)CO1. The van der Waals surface area contributed by atoms with Crippen LogP contribution in [-0.4, -0.2) is 39.5 Å². The number of ether oxygens (including phenoxy) is 2. The summed E-state index contributed by atoms with van der Waals surface area (Å²) in [6, 6.07) is 20.2. The summed E-state index contributed by atoms with van der Waals surface area (Å²) in [7, 11) is -2.82. The lowest BCUT2D eigenvalue weighted by Gasteiger charge is -2.44. The van der Waals surface area contributed by atoms with Crippen molar-refractivity contribution in [2.75, 3.05) is 13.2 Å². The molecule has 1 saturated heterocycles. The second kappa shape index (κ2) is 8.38. The molecule has 2 unspecified atom stereocenters. The Morgan fingerprint density at radius 3 is 2.07 bits per heavy atom. The van der Waals surface area contributed by atoms with Gasteiger partial charge in [-0.25, -0.2) is 4.39 Å². The third kappa shape index (κ3) is 4.60. The average Bonchev–Trinajstić information content (AvgIpc) is 3.03. The summed E-state index contributed by atoms with van der Waals surface area (Å²) in [5, 5.41) is 1.95. The van der Waals surface area contributed by atoms with Gasteiger partial charge in [-0.1, -0.05) is 81.4 Å². The van der Waals surface area contributed by atoms with Crippen LogP contribution in [0.3, 0.4) is 0 Å². The van der Waals surface area contributed by atoms with Crippen LogP contribution >= 0.6 is 0 Å². The highest BCUT2D eigenvalue weighted by Crippen LogP contribution is 2.39. The molecule has 2 aromatic carbocycles. The number of halogens is 1. The van der Waals surface area contributed by atoms with Crippen molar-refractivity contribution < 1.29 is 23.1 Å². The minimum Gasteiger partial charge on any atom is -0.436 e. The van der Waals surface area contributed by atoms with E-state index in [4.69, 9.17) is 13.9 Å². The van der Waals surface area contributed by atoms with E-state index in [-0.39, 0.29) is 24.7 Å². The maximum atomic E-state index is 15.5. The largest absolute Gasteiger partial charge is 0.436 e. The van der Waals surface area contributed by atoms with Gasteiger partial charge >= 0.3 is 5.97 Å². The van der Waals surface area contributed by atoms with Crippen molar-refractivity contribution in [1.82, 2.24) is 0 Å². The first-order valence-corrected chi connectivity index (χ1v) is 11.8. The molecule has 4 nitrogen and oxygen atoms in total. The molecule has 29 heavy (non-hydrogen) atoms. The fourth-order valence-electron chi connectivity index (χ4n) is 4.02. The Bertz CT molecular complexity index is 782. The van der Waals surface area contributed by atoms with Crippen LogP contribution in [0.4, 0.5) is 4.39 Å². The molecule has 6 heteroatoms. The molecule has 0 amide bonds. The topological polar surface area (TPSA) is 44.8 Å². The molecule has 0 aliphatic carbocycles. The number of benzene rings is 2. The summed E-state index contributed by atoms with van der Waals surface area (Å²) in [5.41, 5.74) is -1.70. The molecule has 2 aromatic rings. The Morgan fingerprint density at radius 1 is 1.10 bits per heavy atom. The van der Waals surface area contributed by atoms with E-state index in [1.807, 2.05) is 36.4 Å². The molecular formula is C23H29FO4Si. The molecule has 1 aliphatic rings.